The van der Waals surface area contributed by atoms with Gasteiger partial charge in [-0.05, 0) is 6.42 Å². The van der Waals surface area contributed by atoms with Crippen molar-refractivity contribution in [2.75, 3.05) is 13.3 Å². The summed E-state index contributed by atoms with van der Waals surface area (Å²) in [5.41, 5.74) is 0. The Morgan fingerprint density at radius 2 is 2.50 bits per heavy atom. The van der Waals surface area contributed by atoms with E-state index in [2.05, 4.69) is 6.92 Å². The number of nitrogens with zero attached hydrogens (tertiary/aromatic N) is 1. The van der Waals surface area contributed by atoms with Gasteiger partial charge in [-0.25, -0.2) is 0 Å². The molecular weight excluding hydrogens is 78.0 g/mol. The molecule has 0 bridgehead atoms. The lowest BCUT2D eigenvalue weighted by Gasteiger charge is -1.84. The molecule has 0 amide bonds. The maximum Gasteiger partial charge on any atom is 0.144 e. The van der Waals surface area contributed by atoms with Crippen LogP contribution in [-0.4, -0.2) is 18.3 Å². The van der Waals surface area contributed by atoms with Crippen molar-refractivity contribution < 1.29 is 4.84 Å². The van der Waals surface area contributed by atoms with Crippen LogP contribution in [0.3, 0.4) is 0 Å². The van der Waals surface area contributed by atoms with Gasteiger partial charge in [0.05, 0.1) is 0 Å². The van der Waals surface area contributed by atoms with E-state index >= 15 is 0 Å². The van der Waals surface area contributed by atoms with Gasteiger partial charge in [-0.3, -0.25) is 4.84 Å². The molecule has 1 radical (unpaired) electrons. The molecule has 0 aromatic carbocycles. The minimum absolute atomic E-state index is 0.815. The molecule has 2 heteroatoms. The van der Waals surface area contributed by atoms with Gasteiger partial charge in [-0.15, -0.1) is 0 Å². The summed E-state index contributed by atoms with van der Waals surface area (Å²) in [6.45, 7) is 5.45. The first kappa shape index (κ1) is 4.09. The van der Waals surface area contributed by atoms with Crippen LogP contribution in [0.2, 0.25) is 0 Å². The monoisotopic (exact) mass is 86.1 g/mol. The molecule has 2 nitrogen and oxygen atoms in total. The fourth-order valence-electron chi connectivity index (χ4n) is 0.346. The van der Waals surface area contributed by atoms with Crippen LogP contribution in [0.5, 0.6) is 0 Å². The number of hydrogen-bond donors (Lipinski definition) is 0. The van der Waals surface area contributed by atoms with E-state index in [0.29, 0.717) is 0 Å². The van der Waals surface area contributed by atoms with Crippen molar-refractivity contribution in [1.82, 2.24) is 5.06 Å². The summed E-state index contributed by atoms with van der Waals surface area (Å²) in [4.78, 5) is 4.74. The highest BCUT2D eigenvalue weighted by molar-refractivity contribution is 4.48. The predicted molar refractivity (Wildman–Crippen MR) is 22.6 cm³/mol. The Balaban J connectivity index is 1.88. The Morgan fingerprint density at radius 1 is 1.83 bits per heavy atom. The van der Waals surface area contributed by atoms with E-state index in [1.54, 1.807) is 0 Å². The highest BCUT2D eigenvalue weighted by Gasteiger charge is 2.15. The van der Waals surface area contributed by atoms with E-state index in [1.165, 1.54) is 0 Å². The van der Waals surface area contributed by atoms with Crippen LogP contribution < -0.4 is 0 Å². The third-order valence-corrected chi connectivity index (χ3v) is 0.719. The summed E-state index contributed by atoms with van der Waals surface area (Å²) in [6.07, 6.45) is 0.944. The molecule has 1 fully saturated rings. The third-order valence-electron chi connectivity index (χ3n) is 0.719. The molecule has 1 rings (SSSR count). The molecule has 1 heterocycles. The van der Waals surface area contributed by atoms with Gasteiger partial charge in [-0.2, -0.15) is 5.06 Å². The molecule has 1 saturated heterocycles. The summed E-state index contributed by atoms with van der Waals surface area (Å²) in [6, 6.07) is 0. The molecule has 6 heavy (non-hydrogen) atoms. The molecule has 0 saturated carbocycles. The lowest BCUT2D eigenvalue weighted by atomic mass is 10.5. The number of hydrogen-bond acceptors (Lipinski definition) is 2. The molecule has 1 atom stereocenters. The van der Waals surface area contributed by atoms with Crippen LogP contribution in [0.1, 0.15) is 6.42 Å². The van der Waals surface area contributed by atoms with Gasteiger partial charge >= 0.3 is 0 Å². The Hall–Kier alpha value is -0.0800. The van der Waals surface area contributed by atoms with Gasteiger partial charge in [0.25, 0.3) is 0 Å². The lowest BCUT2D eigenvalue weighted by molar-refractivity contribution is 0.203. The lowest BCUT2D eigenvalue weighted by Crippen LogP contribution is -1.94. The van der Waals surface area contributed by atoms with Gasteiger partial charge in [0.1, 0.15) is 6.73 Å². The molecule has 1 unspecified atom stereocenters. The summed E-state index contributed by atoms with van der Waals surface area (Å²) < 4.78 is 0. The van der Waals surface area contributed by atoms with E-state index in [0.717, 1.165) is 19.7 Å². The Morgan fingerprint density at radius 3 is 2.67 bits per heavy atom. The van der Waals surface area contributed by atoms with E-state index in [9.17, 15) is 0 Å². The van der Waals surface area contributed by atoms with Crippen molar-refractivity contribution in [3.8, 4) is 0 Å². The van der Waals surface area contributed by atoms with Crippen molar-refractivity contribution in [1.29, 1.82) is 0 Å². The summed E-state index contributed by atoms with van der Waals surface area (Å²) >= 11 is 0. The smallest absolute Gasteiger partial charge is 0.144 e. The molecule has 0 N–H and O–H groups in total. The van der Waals surface area contributed by atoms with Crippen molar-refractivity contribution in [2.24, 2.45) is 0 Å². The summed E-state index contributed by atoms with van der Waals surface area (Å²) in [7, 11) is 0. The van der Waals surface area contributed by atoms with Gasteiger partial charge in [0, 0.05) is 6.54 Å². The van der Waals surface area contributed by atoms with Crippen molar-refractivity contribution in [3.63, 3.8) is 0 Å². The average molecular weight is 86.1 g/mol. The second kappa shape index (κ2) is 1.58. The molecule has 35 valence electrons. The quantitative estimate of drug-likeness (QED) is 0.452. The third kappa shape index (κ3) is 0.954. The zero-order valence-corrected chi connectivity index (χ0v) is 3.68. The van der Waals surface area contributed by atoms with E-state index in [1.807, 2.05) is 5.06 Å². The first-order chi connectivity index (χ1) is 2.93. The minimum atomic E-state index is 0.815. The first-order valence-corrected chi connectivity index (χ1v) is 2.10. The molecule has 1 aliphatic heterocycles. The fraction of sp³-hybridized carbons (Fsp3) is 0.750. The standard InChI is InChI=1S/C4H8NO/c1-2-3-5-4-6-5/h1-4H2. The van der Waals surface area contributed by atoms with Crippen molar-refractivity contribution in [3.05, 3.63) is 6.92 Å². The summed E-state index contributed by atoms with van der Waals surface area (Å²) in [5.74, 6) is 0. The molecular formula is C4H8NO. The maximum atomic E-state index is 4.74. The minimum Gasteiger partial charge on any atom is -0.279 e. The number of rotatable bonds is 2. The molecule has 0 aromatic heterocycles. The SMILES string of the molecule is [CH2]CCN1CO1. The highest BCUT2D eigenvalue weighted by Crippen LogP contribution is 2.04. The fourth-order valence-corrected chi connectivity index (χ4v) is 0.346. The van der Waals surface area contributed by atoms with Gasteiger partial charge in [0.2, 0.25) is 0 Å². The molecule has 0 aliphatic carbocycles. The normalized spacial score (nSPS) is 30.5. The second-order valence-electron chi connectivity index (χ2n) is 1.32. The molecule has 0 spiro atoms. The number of hydroxylamine groups is 2. The predicted octanol–water partition coefficient (Wildman–Crippen LogP) is 0.415. The Labute approximate surface area is 37.7 Å². The van der Waals surface area contributed by atoms with Crippen molar-refractivity contribution >= 4 is 0 Å². The van der Waals surface area contributed by atoms with Gasteiger partial charge < -0.3 is 0 Å². The van der Waals surface area contributed by atoms with Crippen LogP contribution in [0, 0.1) is 6.92 Å². The highest BCUT2D eigenvalue weighted by atomic mass is 16.8. The van der Waals surface area contributed by atoms with Crippen LogP contribution >= 0.6 is 0 Å². The summed E-state index contributed by atoms with van der Waals surface area (Å²) in [5, 5.41) is 1.87. The maximum absolute atomic E-state index is 4.74. The van der Waals surface area contributed by atoms with Crippen LogP contribution in [-0.2, 0) is 4.84 Å². The molecule has 0 aromatic rings. The first-order valence-electron chi connectivity index (χ1n) is 2.10. The molecule has 1 aliphatic rings. The largest absolute Gasteiger partial charge is 0.279 e. The Bertz CT molecular complexity index is 42.8. The zero-order chi connectivity index (χ0) is 4.41. The van der Waals surface area contributed by atoms with E-state index in [4.69, 9.17) is 4.84 Å². The Kier molecular flexibility index (Phi) is 1.08. The second-order valence-corrected chi connectivity index (χ2v) is 1.32. The van der Waals surface area contributed by atoms with Gasteiger partial charge in [0.15, 0.2) is 0 Å². The van der Waals surface area contributed by atoms with Crippen LogP contribution in [0.25, 0.3) is 0 Å². The van der Waals surface area contributed by atoms with Crippen LogP contribution in [0.4, 0.5) is 0 Å². The van der Waals surface area contributed by atoms with Crippen molar-refractivity contribution in [2.45, 2.75) is 6.42 Å². The average Bonchev–Trinajstić information content (AvgIpc) is 2.21. The van der Waals surface area contributed by atoms with E-state index < -0.39 is 0 Å². The topological polar surface area (TPSA) is 15.5 Å². The zero-order valence-electron chi connectivity index (χ0n) is 3.68. The van der Waals surface area contributed by atoms with Crippen LogP contribution in [0.15, 0.2) is 0 Å². The van der Waals surface area contributed by atoms with Gasteiger partial charge in [-0.1, -0.05) is 6.92 Å². The van der Waals surface area contributed by atoms with E-state index in [-0.39, 0.29) is 0 Å².